The molecule has 1 aromatic carbocycles. The molecule has 0 atom stereocenters. The summed E-state index contributed by atoms with van der Waals surface area (Å²) < 4.78 is 3.97. The first-order valence-electron chi connectivity index (χ1n) is 9.96. The van der Waals surface area contributed by atoms with Gasteiger partial charge in [0.2, 0.25) is 5.91 Å². The van der Waals surface area contributed by atoms with Gasteiger partial charge in [0.25, 0.3) is 0 Å². The number of nitrogens with zero attached hydrogens (tertiary/aromatic N) is 6. The Labute approximate surface area is 164 Å². The van der Waals surface area contributed by atoms with E-state index in [9.17, 15) is 4.79 Å². The quantitative estimate of drug-likeness (QED) is 0.701. The van der Waals surface area contributed by atoms with Crippen LogP contribution in [-0.2, 0) is 31.4 Å². The Balaban J connectivity index is 1.46. The molecule has 5 rings (SSSR count). The summed E-state index contributed by atoms with van der Waals surface area (Å²) in [4.78, 5) is 14.8. The van der Waals surface area contributed by atoms with Gasteiger partial charge < -0.3 is 9.47 Å². The molecule has 1 amide bonds. The number of hydrogen-bond acceptors (Lipinski definition) is 4. The molecule has 28 heavy (non-hydrogen) atoms. The smallest absolute Gasteiger partial charge is 0.225 e. The molecular formula is C21H24N6O. The van der Waals surface area contributed by atoms with Crippen molar-refractivity contribution in [2.24, 2.45) is 13.0 Å². The molecule has 1 fully saturated rings. The number of fused-ring (bicyclic) bond motifs is 1. The van der Waals surface area contributed by atoms with E-state index in [1.807, 2.05) is 39.4 Å². The van der Waals surface area contributed by atoms with Crippen LogP contribution in [0, 0.1) is 5.92 Å². The van der Waals surface area contributed by atoms with Gasteiger partial charge in [-0.3, -0.25) is 9.48 Å². The number of carbonyl (C=O) groups is 1. The lowest BCUT2D eigenvalue weighted by Crippen LogP contribution is -2.42. The third-order valence-electron chi connectivity index (χ3n) is 6.03. The maximum absolute atomic E-state index is 12.8. The summed E-state index contributed by atoms with van der Waals surface area (Å²) in [6, 6.07) is 10.3. The molecule has 0 bridgehead atoms. The Morgan fingerprint density at radius 2 is 2.04 bits per heavy atom. The summed E-state index contributed by atoms with van der Waals surface area (Å²) in [7, 11) is 1.98. The van der Waals surface area contributed by atoms with Crippen molar-refractivity contribution in [2.75, 3.05) is 6.54 Å². The zero-order valence-corrected chi connectivity index (χ0v) is 16.1. The molecule has 0 unspecified atom stereocenters. The molecule has 3 heterocycles. The van der Waals surface area contributed by atoms with Gasteiger partial charge in [0.1, 0.15) is 12.0 Å². The largest absolute Gasteiger partial charge is 0.338 e. The Morgan fingerprint density at radius 1 is 1.21 bits per heavy atom. The van der Waals surface area contributed by atoms with Crippen LogP contribution in [0.2, 0.25) is 0 Å². The van der Waals surface area contributed by atoms with Gasteiger partial charge >= 0.3 is 0 Å². The molecule has 0 N–H and O–H groups in total. The van der Waals surface area contributed by atoms with Crippen LogP contribution >= 0.6 is 0 Å². The van der Waals surface area contributed by atoms with Gasteiger partial charge in [-0.2, -0.15) is 5.10 Å². The number of aromatic nitrogens is 5. The van der Waals surface area contributed by atoms with E-state index in [2.05, 4.69) is 22.3 Å². The Kier molecular flexibility index (Phi) is 4.22. The zero-order chi connectivity index (χ0) is 19.1. The third-order valence-corrected chi connectivity index (χ3v) is 6.03. The van der Waals surface area contributed by atoms with Crippen molar-refractivity contribution in [1.29, 1.82) is 0 Å². The van der Waals surface area contributed by atoms with E-state index in [-0.39, 0.29) is 5.92 Å². The molecule has 7 heteroatoms. The second-order valence-electron chi connectivity index (χ2n) is 7.80. The van der Waals surface area contributed by atoms with Crippen molar-refractivity contribution in [3.05, 3.63) is 53.5 Å². The highest BCUT2D eigenvalue weighted by atomic mass is 16.2. The van der Waals surface area contributed by atoms with Gasteiger partial charge in [-0.25, -0.2) is 0 Å². The van der Waals surface area contributed by atoms with Crippen LogP contribution in [0.5, 0.6) is 0 Å². The lowest BCUT2D eigenvalue weighted by atomic mass is 9.84. The van der Waals surface area contributed by atoms with Crippen molar-refractivity contribution in [1.82, 2.24) is 29.4 Å². The minimum Gasteiger partial charge on any atom is -0.338 e. The fourth-order valence-electron chi connectivity index (χ4n) is 4.21. The molecule has 144 valence electrons. The van der Waals surface area contributed by atoms with E-state index < -0.39 is 0 Å². The molecule has 1 saturated carbocycles. The fraction of sp³-hybridized carbons (Fsp3) is 0.429. The Morgan fingerprint density at radius 3 is 2.79 bits per heavy atom. The molecule has 2 aliphatic rings. The summed E-state index contributed by atoms with van der Waals surface area (Å²) in [5, 5.41) is 13.3. The maximum Gasteiger partial charge on any atom is 0.225 e. The normalized spacial score (nSPS) is 16.7. The van der Waals surface area contributed by atoms with Gasteiger partial charge in [-0.15, -0.1) is 10.2 Å². The number of carbonyl (C=O) groups excluding carboxylic acids is 1. The van der Waals surface area contributed by atoms with Crippen molar-refractivity contribution in [3.63, 3.8) is 0 Å². The van der Waals surface area contributed by atoms with Gasteiger partial charge in [-0.1, -0.05) is 36.8 Å². The van der Waals surface area contributed by atoms with Gasteiger partial charge in [0, 0.05) is 43.7 Å². The number of hydrogen-bond donors (Lipinski definition) is 0. The summed E-state index contributed by atoms with van der Waals surface area (Å²) in [5.74, 6) is 1.29. The molecule has 0 radical (unpaired) electrons. The third kappa shape index (κ3) is 2.91. The van der Waals surface area contributed by atoms with Crippen LogP contribution in [0.1, 0.15) is 36.1 Å². The predicted molar refractivity (Wildman–Crippen MR) is 104 cm³/mol. The SMILES string of the molecule is Cn1nc(-c2nncn2Cc2ccccc2)c2c1CCN(C(=O)C1CCC1)C2. The maximum atomic E-state index is 12.8. The Bertz CT molecular complexity index is 1000. The van der Waals surface area contributed by atoms with Gasteiger partial charge in [0.15, 0.2) is 5.82 Å². The van der Waals surface area contributed by atoms with Gasteiger partial charge in [0.05, 0.1) is 6.54 Å². The first-order valence-corrected chi connectivity index (χ1v) is 9.96. The van der Waals surface area contributed by atoms with Crippen LogP contribution in [0.25, 0.3) is 11.5 Å². The van der Waals surface area contributed by atoms with Gasteiger partial charge in [-0.05, 0) is 18.4 Å². The summed E-state index contributed by atoms with van der Waals surface area (Å²) >= 11 is 0. The zero-order valence-electron chi connectivity index (χ0n) is 16.1. The second-order valence-corrected chi connectivity index (χ2v) is 7.80. The predicted octanol–water partition coefficient (Wildman–Crippen LogP) is 2.41. The minimum absolute atomic E-state index is 0.225. The monoisotopic (exact) mass is 376 g/mol. The summed E-state index contributed by atoms with van der Waals surface area (Å²) in [6.07, 6.45) is 5.84. The number of amides is 1. The second kappa shape index (κ2) is 6.89. The molecule has 0 saturated heterocycles. The summed E-state index contributed by atoms with van der Waals surface area (Å²) in [6.45, 7) is 2.09. The van der Waals surface area contributed by atoms with E-state index in [0.717, 1.165) is 42.9 Å². The van der Waals surface area contributed by atoms with Crippen LogP contribution in [0.15, 0.2) is 36.7 Å². The molecule has 1 aliphatic heterocycles. The van der Waals surface area contributed by atoms with Crippen molar-refractivity contribution in [3.8, 4) is 11.5 Å². The van der Waals surface area contributed by atoms with E-state index in [1.165, 1.54) is 17.7 Å². The highest BCUT2D eigenvalue weighted by Gasteiger charge is 2.34. The fourth-order valence-corrected chi connectivity index (χ4v) is 4.21. The average molecular weight is 376 g/mol. The highest BCUT2D eigenvalue weighted by molar-refractivity contribution is 5.80. The van der Waals surface area contributed by atoms with Crippen molar-refractivity contribution < 1.29 is 4.79 Å². The minimum atomic E-state index is 0.225. The number of aryl methyl sites for hydroxylation is 1. The van der Waals surface area contributed by atoms with Crippen molar-refractivity contribution in [2.45, 2.75) is 38.8 Å². The summed E-state index contributed by atoms with van der Waals surface area (Å²) in [5.41, 5.74) is 4.35. The van der Waals surface area contributed by atoms with Crippen LogP contribution in [0.4, 0.5) is 0 Å². The van der Waals surface area contributed by atoms with E-state index in [4.69, 9.17) is 5.10 Å². The van der Waals surface area contributed by atoms with E-state index in [1.54, 1.807) is 6.33 Å². The molecule has 0 spiro atoms. The van der Waals surface area contributed by atoms with E-state index in [0.29, 0.717) is 19.0 Å². The molecule has 2 aromatic heterocycles. The number of rotatable bonds is 4. The van der Waals surface area contributed by atoms with Crippen LogP contribution < -0.4 is 0 Å². The highest BCUT2D eigenvalue weighted by Crippen LogP contribution is 2.33. The Hall–Kier alpha value is -2.96. The molecule has 1 aliphatic carbocycles. The number of benzene rings is 1. The van der Waals surface area contributed by atoms with Crippen LogP contribution in [-0.4, -0.2) is 41.9 Å². The first-order chi connectivity index (χ1) is 13.7. The van der Waals surface area contributed by atoms with Crippen molar-refractivity contribution >= 4 is 5.91 Å². The first kappa shape index (κ1) is 17.2. The van der Waals surface area contributed by atoms with E-state index >= 15 is 0 Å². The lowest BCUT2D eigenvalue weighted by molar-refractivity contribution is -0.139. The molecule has 7 nitrogen and oxygen atoms in total. The lowest BCUT2D eigenvalue weighted by Gasteiger charge is -2.34. The topological polar surface area (TPSA) is 68.8 Å². The average Bonchev–Trinajstić information content (AvgIpc) is 3.25. The molecular weight excluding hydrogens is 352 g/mol. The molecule has 3 aromatic rings. The van der Waals surface area contributed by atoms with Crippen LogP contribution in [0.3, 0.4) is 0 Å². The standard InChI is InChI=1S/C21H24N6O/c1-25-18-10-11-26(21(28)16-8-5-9-16)13-17(18)19(24-25)20-23-22-14-27(20)12-15-6-3-2-4-7-15/h2-4,6-7,14,16H,5,8-13H2,1H3.